The van der Waals surface area contributed by atoms with Crippen molar-refractivity contribution in [1.29, 1.82) is 0 Å². The van der Waals surface area contributed by atoms with Crippen LogP contribution in [0.25, 0.3) is 0 Å². The lowest BCUT2D eigenvalue weighted by Crippen LogP contribution is -2.52. The van der Waals surface area contributed by atoms with E-state index in [1.165, 1.54) is 54.5 Å². The van der Waals surface area contributed by atoms with E-state index in [1.807, 2.05) is 13.8 Å². The Hall–Kier alpha value is -4.45. The summed E-state index contributed by atoms with van der Waals surface area (Å²) in [7, 11) is -2.83. The van der Waals surface area contributed by atoms with E-state index in [2.05, 4.69) is 5.32 Å². The number of nitro benzene ring substituents is 1. The largest absolute Gasteiger partial charge is 0.497 e. The van der Waals surface area contributed by atoms with Crippen LogP contribution in [0, 0.1) is 10.1 Å². The first-order valence-electron chi connectivity index (χ1n) is 13.0. The third kappa shape index (κ3) is 7.82. The lowest BCUT2D eigenvalue weighted by molar-refractivity contribution is -0.384. The van der Waals surface area contributed by atoms with Gasteiger partial charge in [-0.2, -0.15) is 0 Å². The molecule has 2 atom stereocenters. The van der Waals surface area contributed by atoms with Crippen molar-refractivity contribution in [1.82, 2.24) is 10.2 Å². The summed E-state index contributed by atoms with van der Waals surface area (Å²) in [4.78, 5) is 39.1. The molecule has 1 N–H and O–H groups in total. The van der Waals surface area contributed by atoms with Crippen LogP contribution < -0.4 is 14.4 Å². The summed E-state index contributed by atoms with van der Waals surface area (Å²) < 4.78 is 33.7. The Kier molecular flexibility index (Phi) is 10.4. The maximum absolute atomic E-state index is 14.0. The van der Waals surface area contributed by atoms with E-state index in [4.69, 9.17) is 4.74 Å². The zero-order chi connectivity index (χ0) is 30.2. The van der Waals surface area contributed by atoms with Crippen molar-refractivity contribution in [2.45, 2.75) is 50.7 Å². The van der Waals surface area contributed by atoms with Crippen LogP contribution in [0.5, 0.6) is 5.75 Å². The summed E-state index contributed by atoms with van der Waals surface area (Å²) in [5.41, 5.74) is 0.265. The molecule has 0 aliphatic heterocycles. The Morgan fingerprint density at radius 3 is 2.32 bits per heavy atom. The van der Waals surface area contributed by atoms with E-state index >= 15 is 0 Å². The van der Waals surface area contributed by atoms with E-state index in [0.29, 0.717) is 17.7 Å². The lowest BCUT2D eigenvalue weighted by Gasteiger charge is -2.32. The van der Waals surface area contributed by atoms with E-state index in [0.717, 1.165) is 10.4 Å². The highest BCUT2D eigenvalue weighted by molar-refractivity contribution is 7.92. The van der Waals surface area contributed by atoms with E-state index in [1.54, 1.807) is 37.3 Å². The highest BCUT2D eigenvalue weighted by atomic mass is 32.2. The van der Waals surface area contributed by atoms with Gasteiger partial charge >= 0.3 is 0 Å². The molecule has 3 aromatic carbocycles. The molecule has 2 amide bonds. The molecule has 0 radical (unpaired) electrons. The van der Waals surface area contributed by atoms with Crippen LogP contribution in [0.1, 0.15) is 32.8 Å². The van der Waals surface area contributed by atoms with Gasteiger partial charge in [-0.3, -0.25) is 24.0 Å². The number of nitro groups is 1. The van der Waals surface area contributed by atoms with Crippen molar-refractivity contribution >= 4 is 33.2 Å². The number of sulfonamides is 1. The van der Waals surface area contributed by atoms with Crippen molar-refractivity contribution in [2.75, 3.05) is 18.0 Å². The molecule has 0 heterocycles. The molecule has 41 heavy (non-hydrogen) atoms. The molecule has 0 saturated heterocycles. The van der Waals surface area contributed by atoms with Crippen molar-refractivity contribution in [3.63, 3.8) is 0 Å². The number of carbonyl (C=O) groups excluding carboxylic acids is 2. The van der Waals surface area contributed by atoms with E-state index < -0.39 is 39.3 Å². The second kappa shape index (κ2) is 13.8. The van der Waals surface area contributed by atoms with E-state index in [9.17, 15) is 28.1 Å². The number of nitrogens with one attached hydrogen (secondary N) is 1. The highest BCUT2D eigenvalue weighted by Crippen LogP contribution is 2.27. The average molecular weight is 583 g/mol. The summed E-state index contributed by atoms with van der Waals surface area (Å²) in [6.45, 7) is 4.61. The first kappa shape index (κ1) is 31.1. The zero-order valence-electron chi connectivity index (χ0n) is 23.4. The van der Waals surface area contributed by atoms with Gasteiger partial charge in [0.25, 0.3) is 15.7 Å². The van der Waals surface area contributed by atoms with Gasteiger partial charge in [-0.25, -0.2) is 8.42 Å². The third-order valence-electron chi connectivity index (χ3n) is 6.59. The fourth-order valence-electron chi connectivity index (χ4n) is 4.03. The number of carbonyl (C=O) groups is 2. The number of nitrogens with zero attached hydrogens (tertiary/aromatic N) is 3. The first-order valence-corrected chi connectivity index (χ1v) is 14.5. The molecule has 0 spiro atoms. The number of benzene rings is 3. The molecule has 12 heteroatoms. The quantitative estimate of drug-likeness (QED) is 0.236. The zero-order valence-corrected chi connectivity index (χ0v) is 24.2. The molecular weight excluding hydrogens is 548 g/mol. The highest BCUT2D eigenvalue weighted by Gasteiger charge is 2.33. The molecule has 0 aromatic heterocycles. The van der Waals surface area contributed by atoms with Gasteiger partial charge in [0.05, 0.1) is 22.6 Å². The van der Waals surface area contributed by atoms with E-state index in [-0.39, 0.29) is 28.9 Å². The van der Waals surface area contributed by atoms with Gasteiger partial charge < -0.3 is 15.0 Å². The van der Waals surface area contributed by atoms with Crippen LogP contribution in [0.4, 0.5) is 11.4 Å². The monoisotopic (exact) mass is 582 g/mol. The molecule has 11 nitrogen and oxygen atoms in total. The number of anilines is 1. The van der Waals surface area contributed by atoms with Crippen LogP contribution in [-0.2, 0) is 26.2 Å². The summed E-state index contributed by atoms with van der Waals surface area (Å²) in [6.07, 6.45) is 0.679. The number of hydrogen-bond acceptors (Lipinski definition) is 7. The number of non-ortho nitro benzene ring substituents is 1. The molecule has 0 saturated carbocycles. The number of amides is 2. The van der Waals surface area contributed by atoms with Gasteiger partial charge in [0.1, 0.15) is 18.3 Å². The SMILES string of the molecule is CC[C@@H](C)NC(=O)[C@H](C)N(Cc1cccc(OC)c1)C(=O)CN(c1cccc([N+](=O)[O-])c1)S(=O)(=O)c1ccccc1. The third-order valence-corrected chi connectivity index (χ3v) is 8.38. The van der Waals surface area contributed by atoms with Crippen molar-refractivity contribution in [3.05, 3.63) is 94.5 Å². The molecule has 218 valence electrons. The summed E-state index contributed by atoms with van der Waals surface area (Å²) >= 11 is 0. The Morgan fingerprint density at radius 1 is 1.00 bits per heavy atom. The van der Waals surface area contributed by atoms with Gasteiger partial charge in [-0.05, 0) is 56.2 Å². The second-order valence-electron chi connectivity index (χ2n) is 9.47. The number of methoxy groups -OCH3 is 1. The van der Waals surface area contributed by atoms with Crippen LogP contribution in [0.2, 0.25) is 0 Å². The Balaban J connectivity index is 2.06. The fourth-order valence-corrected chi connectivity index (χ4v) is 5.45. The number of hydrogen-bond donors (Lipinski definition) is 1. The molecule has 0 aliphatic rings. The van der Waals surface area contributed by atoms with Gasteiger partial charge in [0.2, 0.25) is 11.8 Å². The van der Waals surface area contributed by atoms with Crippen LogP contribution >= 0.6 is 0 Å². The van der Waals surface area contributed by atoms with Crippen molar-refractivity contribution in [3.8, 4) is 5.75 Å². The Labute approximate surface area is 239 Å². The predicted molar refractivity (Wildman–Crippen MR) is 155 cm³/mol. The minimum absolute atomic E-state index is 0.0146. The van der Waals surface area contributed by atoms with Gasteiger partial charge in [-0.1, -0.05) is 43.3 Å². The number of rotatable bonds is 13. The topological polar surface area (TPSA) is 139 Å². The van der Waals surface area contributed by atoms with Crippen molar-refractivity contribution < 1.29 is 27.7 Å². The minimum atomic E-state index is -4.33. The molecule has 0 fully saturated rings. The Bertz CT molecular complexity index is 1480. The summed E-state index contributed by atoms with van der Waals surface area (Å²) in [5, 5.41) is 14.3. The molecule has 0 unspecified atom stereocenters. The molecule has 0 bridgehead atoms. The van der Waals surface area contributed by atoms with Crippen LogP contribution in [-0.4, -0.2) is 55.8 Å². The smallest absolute Gasteiger partial charge is 0.271 e. The van der Waals surface area contributed by atoms with Crippen molar-refractivity contribution in [2.24, 2.45) is 0 Å². The second-order valence-corrected chi connectivity index (χ2v) is 11.3. The predicted octanol–water partition coefficient (Wildman–Crippen LogP) is 4.13. The number of ether oxygens (including phenoxy) is 1. The minimum Gasteiger partial charge on any atom is -0.497 e. The summed E-state index contributed by atoms with van der Waals surface area (Å²) in [5.74, 6) is -0.523. The standard InChI is InChI=1S/C29H34N4O7S/c1-5-21(2)30-29(35)22(3)31(19-23-11-9-14-26(17-23)40-4)28(34)20-32(24-12-10-13-25(18-24)33(36)37)41(38,39)27-15-7-6-8-16-27/h6-18,21-22H,5,19-20H2,1-4H3,(H,30,35)/t21-,22+/m1/s1. The lowest BCUT2D eigenvalue weighted by atomic mass is 10.1. The van der Waals surface area contributed by atoms with Crippen LogP contribution in [0.3, 0.4) is 0 Å². The Morgan fingerprint density at radius 2 is 1.68 bits per heavy atom. The van der Waals surface area contributed by atoms with Crippen LogP contribution in [0.15, 0.2) is 83.8 Å². The van der Waals surface area contributed by atoms with Gasteiger partial charge in [0, 0.05) is 24.7 Å². The maximum Gasteiger partial charge on any atom is 0.271 e. The normalized spacial score (nSPS) is 12.6. The first-order chi connectivity index (χ1) is 19.5. The fraction of sp³-hybridized carbons (Fsp3) is 0.310. The molecule has 0 aliphatic carbocycles. The molecule has 3 aromatic rings. The van der Waals surface area contributed by atoms with Gasteiger partial charge in [0.15, 0.2) is 0 Å². The molecule has 3 rings (SSSR count). The molecular formula is C29H34N4O7S. The maximum atomic E-state index is 14.0. The van der Waals surface area contributed by atoms with Gasteiger partial charge in [-0.15, -0.1) is 0 Å². The average Bonchev–Trinajstić information content (AvgIpc) is 2.98. The summed E-state index contributed by atoms with van der Waals surface area (Å²) in [6, 6.07) is 18.4.